The summed E-state index contributed by atoms with van der Waals surface area (Å²) in [4.78, 5) is 34.1. The molecular weight excluding hydrogens is 354 g/mol. The number of aryl methyl sites for hydroxylation is 3. The molecule has 0 radical (unpaired) electrons. The Balaban J connectivity index is 1.68. The summed E-state index contributed by atoms with van der Waals surface area (Å²) in [6.07, 6.45) is 0. The Morgan fingerprint density at radius 2 is 1.89 bits per heavy atom. The first-order valence-corrected chi connectivity index (χ1v) is 9.34. The molecular formula is C21H23N5O2. The van der Waals surface area contributed by atoms with Crippen LogP contribution in [0.1, 0.15) is 28.7 Å². The van der Waals surface area contributed by atoms with Crippen molar-refractivity contribution in [3.63, 3.8) is 0 Å². The Morgan fingerprint density at radius 3 is 2.61 bits per heavy atom. The number of carbonyl (C=O) groups is 2. The van der Waals surface area contributed by atoms with Crippen LogP contribution in [-0.4, -0.2) is 50.6 Å². The molecule has 3 aromatic rings. The van der Waals surface area contributed by atoms with E-state index in [1.807, 2.05) is 58.2 Å². The topological polar surface area (TPSA) is 71.3 Å². The first-order valence-electron chi connectivity index (χ1n) is 9.34. The van der Waals surface area contributed by atoms with E-state index in [0.717, 1.165) is 22.5 Å². The summed E-state index contributed by atoms with van der Waals surface area (Å²) in [5.41, 5.74) is 3.61. The standard InChI is InChI=1S/C21H23N5O2/c1-13-10-17(19-15(3)23-24(4)20(19)22-13)21(28)25-12-18(27)26(11-14(25)2)16-8-6-5-7-9-16/h5-10,14H,11-12H2,1-4H3/t14-/m0/s1. The number of carbonyl (C=O) groups excluding carboxylic acids is 2. The summed E-state index contributed by atoms with van der Waals surface area (Å²) in [6, 6.07) is 11.3. The molecule has 7 heteroatoms. The number of fused-ring (bicyclic) bond motifs is 1. The van der Waals surface area contributed by atoms with Crippen molar-refractivity contribution < 1.29 is 9.59 Å². The minimum Gasteiger partial charge on any atom is -0.325 e. The van der Waals surface area contributed by atoms with E-state index in [2.05, 4.69) is 10.1 Å². The highest BCUT2D eigenvalue weighted by Gasteiger charge is 2.34. The van der Waals surface area contributed by atoms with Gasteiger partial charge in [-0.1, -0.05) is 18.2 Å². The van der Waals surface area contributed by atoms with E-state index in [1.54, 1.807) is 20.5 Å². The number of anilines is 1. The molecule has 3 heterocycles. The average molecular weight is 377 g/mol. The third-order valence-corrected chi connectivity index (χ3v) is 5.24. The third kappa shape index (κ3) is 2.93. The number of rotatable bonds is 2. The fourth-order valence-corrected chi connectivity index (χ4v) is 3.87. The van der Waals surface area contributed by atoms with Gasteiger partial charge in [0.05, 0.1) is 16.6 Å². The zero-order valence-electron chi connectivity index (χ0n) is 16.5. The van der Waals surface area contributed by atoms with Gasteiger partial charge < -0.3 is 9.80 Å². The van der Waals surface area contributed by atoms with Crippen LogP contribution in [0.15, 0.2) is 36.4 Å². The molecule has 0 aliphatic carbocycles. The number of hydrogen-bond acceptors (Lipinski definition) is 4. The number of aromatic nitrogens is 3. The highest BCUT2D eigenvalue weighted by molar-refractivity contribution is 6.09. The van der Waals surface area contributed by atoms with E-state index in [0.29, 0.717) is 17.8 Å². The Morgan fingerprint density at radius 1 is 1.18 bits per heavy atom. The van der Waals surface area contributed by atoms with Crippen molar-refractivity contribution in [1.82, 2.24) is 19.7 Å². The molecule has 1 aliphatic heterocycles. The molecule has 0 saturated carbocycles. The number of nitrogens with zero attached hydrogens (tertiary/aromatic N) is 5. The average Bonchev–Trinajstić information content (AvgIpc) is 2.96. The quantitative estimate of drug-likeness (QED) is 0.688. The summed E-state index contributed by atoms with van der Waals surface area (Å²) in [5.74, 6) is -0.234. The SMILES string of the molecule is Cc1cc(C(=O)N2CC(=O)N(c3ccccc3)C[C@@H]2C)c2c(C)nn(C)c2n1. The van der Waals surface area contributed by atoms with Gasteiger partial charge in [-0.3, -0.25) is 14.3 Å². The minimum absolute atomic E-state index is 0.0526. The second-order valence-corrected chi connectivity index (χ2v) is 7.34. The van der Waals surface area contributed by atoms with Crippen molar-refractivity contribution in [3.05, 3.63) is 53.3 Å². The molecule has 2 amide bonds. The lowest BCUT2D eigenvalue weighted by atomic mass is 10.1. The van der Waals surface area contributed by atoms with Crippen molar-refractivity contribution in [3.8, 4) is 0 Å². The number of benzene rings is 1. The number of hydrogen-bond donors (Lipinski definition) is 0. The zero-order valence-corrected chi connectivity index (χ0v) is 16.5. The molecule has 1 aromatic carbocycles. The van der Waals surface area contributed by atoms with Gasteiger partial charge in [-0.2, -0.15) is 5.10 Å². The van der Waals surface area contributed by atoms with E-state index in [9.17, 15) is 9.59 Å². The Kier molecular flexibility index (Phi) is 4.37. The highest BCUT2D eigenvalue weighted by atomic mass is 16.2. The molecule has 2 aromatic heterocycles. The Bertz CT molecular complexity index is 1070. The van der Waals surface area contributed by atoms with Crippen molar-refractivity contribution in [2.45, 2.75) is 26.8 Å². The van der Waals surface area contributed by atoms with Crippen molar-refractivity contribution in [2.24, 2.45) is 7.05 Å². The molecule has 1 saturated heterocycles. The molecule has 4 rings (SSSR count). The highest BCUT2D eigenvalue weighted by Crippen LogP contribution is 2.26. The monoisotopic (exact) mass is 377 g/mol. The molecule has 0 spiro atoms. The van der Waals surface area contributed by atoms with Crippen LogP contribution in [0.3, 0.4) is 0 Å². The van der Waals surface area contributed by atoms with Crippen LogP contribution >= 0.6 is 0 Å². The van der Waals surface area contributed by atoms with Crippen molar-refractivity contribution >= 4 is 28.5 Å². The van der Waals surface area contributed by atoms with E-state index >= 15 is 0 Å². The van der Waals surface area contributed by atoms with Crippen LogP contribution < -0.4 is 4.90 Å². The van der Waals surface area contributed by atoms with Gasteiger partial charge in [-0.15, -0.1) is 0 Å². The summed E-state index contributed by atoms with van der Waals surface area (Å²) in [5, 5.41) is 5.17. The number of amides is 2. The first-order chi connectivity index (χ1) is 13.4. The lowest BCUT2D eigenvalue weighted by Crippen LogP contribution is -2.57. The van der Waals surface area contributed by atoms with Crippen LogP contribution in [0.2, 0.25) is 0 Å². The number of para-hydroxylation sites is 1. The molecule has 0 N–H and O–H groups in total. The van der Waals surface area contributed by atoms with E-state index in [4.69, 9.17) is 0 Å². The van der Waals surface area contributed by atoms with Crippen LogP contribution in [0.5, 0.6) is 0 Å². The predicted octanol–water partition coefficient (Wildman–Crippen LogP) is 2.46. The Hall–Kier alpha value is -3.22. The fourth-order valence-electron chi connectivity index (χ4n) is 3.87. The number of piperazine rings is 1. The minimum atomic E-state index is -0.153. The van der Waals surface area contributed by atoms with Crippen LogP contribution in [0.4, 0.5) is 5.69 Å². The van der Waals surface area contributed by atoms with Gasteiger partial charge in [0, 0.05) is 31.0 Å². The predicted molar refractivity (Wildman–Crippen MR) is 107 cm³/mol. The first kappa shape index (κ1) is 18.2. The second-order valence-electron chi connectivity index (χ2n) is 7.34. The van der Waals surface area contributed by atoms with E-state index in [1.165, 1.54) is 0 Å². The van der Waals surface area contributed by atoms with Gasteiger partial charge in [0.25, 0.3) is 5.91 Å². The largest absolute Gasteiger partial charge is 0.325 e. The molecule has 1 atom stereocenters. The lowest BCUT2D eigenvalue weighted by Gasteiger charge is -2.39. The normalized spacial score (nSPS) is 17.4. The fraction of sp³-hybridized carbons (Fsp3) is 0.333. The maximum absolute atomic E-state index is 13.4. The number of pyridine rings is 1. The molecule has 0 bridgehead atoms. The van der Waals surface area contributed by atoms with E-state index < -0.39 is 0 Å². The smallest absolute Gasteiger partial charge is 0.255 e. The van der Waals surface area contributed by atoms with Crippen molar-refractivity contribution in [1.29, 1.82) is 0 Å². The molecule has 0 unspecified atom stereocenters. The molecule has 144 valence electrons. The van der Waals surface area contributed by atoms with Crippen LogP contribution in [0.25, 0.3) is 11.0 Å². The van der Waals surface area contributed by atoms with Gasteiger partial charge in [0.2, 0.25) is 5.91 Å². The maximum Gasteiger partial charge on any atom is 0.255 e. The Labute approximate surface area is 163 Å². The van der Waals surface area contributed by atoms with Gasteiger partial charge in [0.1, 0.15) is 6.54 Å². The maximum atomic E-state index is 13.4. The van der Waals surface area contributed by atoms with Gasteiger partial charge in [-0.05, 0) is 39.0 Å². The summed E-state index contributed by atoms with van der Waals surface area (Å²) >= 11 is 0. The van der Waals surface area contributed by atoms with Gasteiger partial charge >= 0.3 is 0 Å². The third-order valence-electron chi connectivity index (χ3n) is 5.24. The molecule has 7 nitrogen and oxygen atoms in total. The zero-order chi connectivity index (χ0) is 20.0. The van der Waals surface area contributed by atoms with Gasteiger partial charge in [0.15, 0.2) is 5.65 Å². The summed E-state index contributed by atoms with van der Waals surface area (Å²) in [7, 11) is 1.82. The molecule has 1 fully saturated rings. The second kappa shape index (κ2) is 6.74. The van der Waals surface area contributed by atoms with E-state index in [-0.39, 0.29) is 24.4 Å². The lowest BCUT2D eigenvalue weighted by molar-refractivity contribution is -0.121. The molecule has 1 aliphatic rings. The summed E-state index contributed by atoms with van der Waals surface area (Å²) in [6.45, 7) is 6.23. The van der Waals surface area contributed by atoms with Gasteiger partial charge in [-0.25, -0.2) is 4.98 Å². The van der Waals surface area contributed by atoms with Crippen LogP contribution in [-0.2, 0) is 11.8 Å². The molecule has 28 heavy (non-hydrogen) atoms. The van der Waals surface area contributed by atoms with Crippen molar-refractivity contribution in [2.75, 3.05) is 18.0 Å². The summed E-state index contributed by atoms with van der Waals surface area (Å²) < 4.78 is 1.69. The van der Waals surface area contributed by atoms with Crippen LogP contribution in [0, 0.1) is 13.8 Å².